The molecule has 0 bridgehead atoms. The molecule has 1 aliphatic carbocycles. The minimum absolute atomic E-state index is 0.102. The second-order valence-corrected chi connectivity index (χ2v) is 7.14. The zero-order chi connectivity index (χ0) is 16.0. The molecule has 4 heteroatoms. The van der Waals surface area contributed by atoms with E-state index in [1.165, 1.54) is 5.56 Å². The number of rotatable bonds is 3. The smallest absolute Gasteiger partial charge is 0.315 e. The maximum absolute atomic E-state index is 11.5. The van der Waals surface area contributed by atoms with Gasteiger partial charge in [0.2, 0.25) is 0 Å². The molecule has 1 aliphatic rings. The number of aliphatic carboxylic acids is 1. The summed E-state index contributed by atoms with van der Waals surface area (Å²) < 4.78 is 5.39. The predicted molar refractivity (Wildman–Crippen MR) is 83.8 cm³/mol. The first kappa shape index (κ1) is 14.8. The molecule has 0 amide bonds. The van der Waals surface area contributed by atoms with Gasteiger partial charge in [0, 0.05) is 11.6 Å². The van der Waals surface area contributed by atoms with Gasteiger partial charge in [-0.25, -0.2) is 0 Å². The molecule has 0 spiro atoms. The van der Waals surface area contributed by atoms with Gasteiger partial charge in [-0.1, -0.05) is 56.6 Å². The SMILES string of the molecule is CC(C)(C)c1ccc(-c2cc(C3(C(=O)O)CCC3)no2)cc1. The molecular weight excluding hydrogens is 278 g/mol. The normalized spacial score (nSPS) is 17.0. The zero-order valence-corrected chi connectivity index (χ0v) is 13.2. The van der Waals surface area contributed by atoms with E-state index in [4.69, 9.17) is 4.52 Å². The van der Waals surface area contributed by atoms with Crippen LogP contribution in [-0.4, -0.2) is 16.2 Å². The van der Waals surface area contributed by atoms with Crippen molar-refractivity contribution in [3.63, 3.8) is 0 Å². The average molecular weight is 299 g/mol. The van der Waals surface area contributed by atoms with Crippen LogP contribution in [0, 0.1) is 0 Å². The monoisotopic (exact) mass is 299 g/mol. The molecule has 1 heterocycles. The minimum Gasteiger partial charge on any atom is -0.481 e. The molecule has 1 saturated carbocycles. The third-order valence-electron chi connectivity index (χ3n) is 4.65. The first-order chi connectivity index (χ1) is 10.3. The molecule has 1 aromatic heterocycles. The van der Waals surface area contributed by atoms with E-state index in [2.05, 4.69) is 38.1 Å². The van der Waals surface area contributed by atoms with Crippen molar-refractivity contribution in [1.29, 1.82) is 0 Å². The summed E-state index contributed by atoms with van der Waals surface area (Å²) in [5.74, 6) is -0.176. The highest BCUT2D eigenvalue weighted by molar-refractivity contribution is 5.82. The molecule has 2 aromatic rings. The van der Waals surface area contributed by atoms with E-state index in [0.29, 0.717) is 24.3 Å². The van der Waals surface area contributed by atoms with E-state index >= 15 is 0 Å². The van der Waals surface area contributed by atoms with Gasteiger partial charge in [-0.3, -0.25) is 4.79 Å². The van der Waals surface area contributed by atoms with E-state index in [1.807, 2.05) is 12.1 Å². The molecule has 1 aromatic carbocycles. The van der Waals surface area contributed by atoms with Crippen LogP contribution in [0.3, 0.4) is 0 Å². The lowest BCUT2D eigenvalue weighted by Gasteiger charge is -2.35. The molecular formula is C18H21NO3. The Morgan fingerprint density at radius 1 is 1.23 bits per heavy atom. The summed E-state index contributed by atoms with van der Waals surface area (Å²) in [4.78, 5) is 11.5. The fourth-order valence-corrected chi connectivity index (χ4v) is 2.88. The van der Waals surface area contributed by atoms with Gasteiger partial charge in [0.1, 0.15) is 11.1 Å². The Bertz CT molecular complexity index is 688. The third kappa shape index (κ3) is 2.32. The van der Waals surface area contributed by atoms with Gasteiger partial charge >= 0.3 is 5.97 Å². The number of hydrogen-bond donors (Lipinski definition) is 1. The van der Waals surface area contributed by atoms with Crippen molar-refractivity contribution in [2.75, 3.05) is 0 Å². The quantitative estimate of drug-likeness (QED) is 0.925. The van der Waals surface area contributed by atoms with Gasteiger partial charge in [0.25, 0.3) is 0 Å². The molecule has 0 saturated heterocycles. The number of carboxylic acids is 1. The summed E-state index contributed by atoms with van der Waals surface area (Å²) in [5, 5.41) is 13.5. The molecule has 22 heavy (non-hydrogen) atoms. The van der Waals surface area contributed by atoms with Crippen LogP contribution in [0.5, 0.6) is 0 Å². The molecule has 0 unspecified atom stereocenters. The Morgan fingerprint density at radius 2 is 1.86 bits per heavy atom. The van der Waals surface area contributed by atoms with Crippen LogP contribution in [0.2, 0.25) is 0 Å². The Balaban J connectivity index is 1.90. The molecule has 0 radical (unpaired) electrons. The summed E-state index contributed by atoms with van der Waals surface area (Å²) in [7, 11) is 0. The van der Waals surface area contributed by atoms with Crippen molar-refractivity contribution in [1.82, 2.24) is 5.16 Å². The average Bonchev–Trinajstić information content (AvgIpc) is 2.86. The lowest BCUT2D eigenvalue weighted by molar-refractivity contribution is -0.147. The second kappa shape index (κ2) is 4.97. The minimum atomic E-state index is -0.840. The van der Waals surface area contributed by atoms with Gasteiger partial charge in [-0.05, 0) is 23.8 Å². The van der Waals surface area contributed by atoms with Gasteiger partial charge in [-0.2, -0.15) is 0 Å². The molecule has 0 atom stereocenters. The lowest BCUT2D eigenvalue weighted by Crippen LogP contribution is -2.42. The summed E-state index contributed by atoms with van der Waals surface area (Å²) >= 11 is 0. The van der Waals surface area contributed by atoms with Gasteiger partial charge < -0.3 is 9.63 Å². The Morgan fingerprint density at radius 3 is 2.32 bits per heavy atom. The maximum Gasteiger partial charge on any atom is 0.315 e. The standard InChI is InChI=1S/C18H21NO3/c1-17(2,3)13-7-5-12(6-8-13)14-11-15(19-22-14)18(16(20)21)9-4-10-18/h5-8,11H,4,9-10H2,1-3H3,(H,20,21). The molecule has 4 nitrogen and oxygen atoms in total. The van der Waals surface area contributed by atoms with Crippen LogP contribution >= 0.6 is 0 Å². The number of carboxylic acid groups (broad SMARTS) is 1. The predicted octanol–water partition coefficient (Wildman–Crippen LogP) is 4.15. The number of benzene rings is 1. The van der Waals surface area contributed by atoms with Crippen molar-refractivity contribution >= 4 is 5.97 Å². The van der Waals surface area contributed by atoms with Crippen LogP contribution in [0.25, 0.3) is 11.3 Å². The third-order valence-corrected chi connectivity index (χ3v) is 4.65. The molecule has 1 N–H and O–H groups in total. The first-order valence-corrected chi connectivity index (χ1v) is 7.64. The van der Waals surface area contributed by atoms with E-state index < -0.39 is 11.4 Å². The molecule has 1 fully saturated rings. The molecule has 0 aliphatic heterocycles. The number of nitrogens with zero attached hydrogens (tertiary/aromatic N) is 1. The Kier molecular flexibility index (Phi) is 3.35. The van der Waals surface area contributed by atoms with E-state index in [1.54, 1.807) is 6.07 Å². The van der Waals surface area contributed by atoms with Crippen LogP contribution in [0.4, 0.5) is 0 Å². The summed E-state index contributed by atoms with van der Waals surface area (Å²) in [5.41, 5.74) is 1.97. The van der Waals surface area contributed by atoms with Crippen LogP contribution < -0.4 is 0 Å². The van der Waals surface area contributed by atoms with Crippen molar-refractivity contribution in [2.45, 2.75) is 50.9 Å². The molecule has 116 valence electrons. The fraction of sp³-hybridized carbons (Fsp3) is 0.444. The summed E-state index contributed by atoms with van der Waals surface area (Å²) in [6, 6.07) is 9.93. The number of carbonyl (C=O) groups is 1. The Hall–Kier alpha value is -2.10. The zero-order valence-electron chi connectivity index (χ0n) is 13.2. The van der Waals surface area contributed by atoms with Gasteiger partial charge in [-0.15, -0.1) is 0 Å². The lowest BCUT2D eigenvalue weighted by atomic mass is 9.66. The van der Waals surface area contributed by atoms with Crippen LogP contribution in [0.1, 0.15) is 51.3 Å². The van der Waals surface area contributed by atoms with Crippen LogP contribution in [-0.2, 0) is 15.6 Å². The van der Waals surface area contributed by atoms with Crippen molar-refractivity contribution in [2.24, 2.45) is 0 Å². The highest BCUT2D eigenvalue weighted by Gasteiger charge is 2.48. The molecule has 3 rings (SSSR count). The topological polar surface area (TPSA) is 63.3 Å². The summed E-state index contributed by atoms with van der Waals surface area (Å²) in [6.45, 7) is 6.51. The van der Waals surface area contributed by atoms with Crippen molar-refractivity contribution < 1.29 is 14.4 Å². The van der Waals surface area contributed by atoms with E-state index in [-0.39, 0.29) is 5.41 Å². The van der Waals surface area contributed by atoms with Gasteiger partial charge in [0.05, 0.1) is 0 Å². The maximum atomic E-state index is 11.5. The van der Waals surface area contributed by atoms with E-state index in [9.17, 15) is 9.90 Å². The largest absolute Gasteiger partial charge is 0.481 e. The second-order valence-electron chi connectivity index (χ2n) is 7.14. The highest BCUT2D eigenvalue weighted by Crippen LogP contribution is 2.44. The van der Waals surface area contributed by atoms with Crippen molar-refractivity contribution in [3.05, 3.63) is 41.6 Å². The first-order valence-electron chi connectivity index (χ1n) is 7.64. The Labute approximate surface area is 130 Å². The fourth-order valence-electron chi connectivity index (χ4n) is 2.88. The number of aromatic nitrogens is 1. The summed E-state index contributed by atoms with van der Waals surface area (Å²) in [6.07, 6.45) is 2.20. The van der Waals surface area contributed by atoms with Gasteiger partial charge in [0.15, 0.2) is 5.76 Å². The van der Waals surface area contributed by atoms with E-state index in [0.717, 1.165) is 12.0 Å². The number of hydrogen-bond acceptors (Lipinski definition) is 3. The van der Waals surface area contributed by atoms with Crippen LogP contribution in [0.15, 0.2) is 34.9 Å². The van der Waals surface area contributed by atoms with Crippen molar-refractivity contribution in [3.8, 4) is 11.3 Å². The highest BCUT2D eigenvalue weighted by atomic mass is 16.5.